The number of hydrogen-bond acceptors (Lipinski definition) is 2. The predicted octanol–water partition coefficient (Wildman–Crippen LogP) is 5.08. The lowest BCUT2D eigenvalue weighted by Crippen LogP contribution is -2.16. The molecule has 0 aliphatic carbocycles. The summed E-state index contributed by atoms with van der Waals surface area (Å²) in [6, 6.07) is 10.4. The third kappa shape index (κ3) is 4.13. The lowest BCUT2D eigenvalue weighted by atomic mass is 10.2. The number of carbonyl (C=O) groups is 1. The third-order valence-corrected chi connectivity index (χ3v) is 3.98. The van der Waals surface area contributed by atoms with Gasteiger partial charge in [0.2, 0.25) is 0 Å². The highest BCUT2D eigenvalue weighted by Gasteiger charge is 2.18. The monoisotopic (exact) mass is 467 g/mol. The summed E-state index contributed by atoms with van der Waals surface area (Å²) in [6.45, 7) is 0.0455. The number of hydrogen-bond donors (Lipinski definition) is 1. The van der Waals surface area contributed by atoms with Gasteiger partial charge >= 0.3 is 6.09 Å². The van der Waals surface area contributed by atoms with Gasteiger partial charge in [0.1, 0.15) is 6.61 Å². The number of anilines is 1. The first-order valence-corrected chi connectivity index (χ1v) is 7.67. The summed E-state index contributed by atoms with van der Waals surface area (Å²) in [5, 5.41) is 2.21. The summed E-state index contributed by atoms with van der Waals surface area (Å²) in [5.41, 5.74) is 0.555. The highest BCUT2D eigenvalue weighted by Crippen LogP contribution is 2.30. The summed E-state index contributed by atoms with van der Waals surface area (Å²) in [4.78, 5) is 11.6. The van der Waals surface area contributed by atoms with E-state index in [1.807, 2.05) is 18.2 Å². The molecule has 0 saturated carbocycles. The van der Waals surface area contributed by atoms with Crippen molar-refractivity contribution in [2.24, 2.45) is 0 Å². The maximum Gasteiger partial charge on any atom is 0.412 e. The van der Waals surface area contributed by atoms with Gasteiger partial charge in [0, 0.05) is 3.57 Å². The van der Waals surface area contributed by atoms with E-state index in [9.17, 15) is 13.6 Å². The Hall–Kier alpha value is -1.22. The van der Waals surface area contributed by atoms with Crippen molar-refractivity contribution in [3.8, 4) is 0 Å². The summed E-state index contributed by atoms with van der Waals surface area (Å²) in [7, 11) is 0. The van der Waals surface area contributed by atoms with Gasteiger partial charge in [-0.05, 0) is 50.2 Å². The van der Waals surface area contributed by atoms with E-state index >= 15 is 0 Å². The molecule has 0 heterocycles. The number of amides is 1. The Bertz CT molecular complexity index is 668. The lowest BCUT2D eigenvalue weighted by molar-refractivity contribution is 0.155. The number of rotatable bonds is 3. The molecule has 0 aliphatic rings. The van der Waals surface area contributed by atoms with E-state index in [0.717, 1.165) is 5.56 Å². The van der Waals surface area contributed by atoms with Gasteiger partial charge in [0.15, 0.2) is 11.6 Å². The van der Waals surface area contributed by atoms with Gasteiger partial charge in [0.25, 0.3) is 0 Å². The molecular weight excluding hydrogens is 459 g/mol. The predicted molar refractivity (Wildman–Crippen MR) is 87.0 cm³/mol. The molecule has 21 heavy (non-hydrogen) atoms. The molecule has 0 saturated heterocycles. The van der Waals surface area contributed by atoms with Crippen LogP contribution in [0.2, 0.25) is 0 Å². The van der Waals surface area contributed by atoms with Crippen LogP contribution in [0.4, 0.5) is 19.3 Å². The fourth-order valence-electron chi connectivity index (χ4n) is 1.54. The van der Waals surface area contributed by atoms with Gasteiger partial charge in [-0.3, -0.25) is 5.32 Å². The molecule has 1 N–H and O–H groups in total. The van der Waals surface area contributed by atoms with Crippen LogP contribution in [-0.4, -0.2) is 6.09 Å². The fourth-order valence-corrected chi connectivity index (χ4v) is 3.06. The number of ether oxygens (including phenoxy) is 1. The zero-order valence-electron chi connectivity index (χ0n) is 10.5. The van der Waals surface area contributed by atoms with Crippen LogP contribution in [0.25, 0.3) is 0 Å². The second kappa shape index (κ2) is 7.17. The molecule has 2 aromatic carbocycles. The first-order valence-electron chi connectivity index (χ1n) is 5.79. The highest BCUT2D eigenvalue weighted by molar-refractivity contribution is 14.1. The minimum Gasteiger partial charge on any atom is -0.444 e. The van der Waals surface area contributed by atoms with Crippen LogP contribution < -0.4 is 5.32 Å². The number of nitrogens with one attached hydrogen (secondary N) is 1. The van der Waals surface area contributed by atoms with Crippen molar-refractivity contribution >= 4 is 50.3 Å². The molecule has 1 amide bonds. The topological polar surface area (TPSA) is 38.3 Å². The van der Waals surface area contributed by atoms with Gasteiger partial charge in [-0.15, -0.1) is 0 Å². The van der Waals surface area contributed by atoms with Crippen LogP contribution in [0.15, 0.2) is 40.9 Å². The molecule has 2 rings (SSSR count). The van der Waals surface area contributed by atoms with E-state index in [2.05, 4.69) is 21.2 Å². The van der Waals surface area contributed by atoms with E-state index < -0.39 is 17.7 Å². The smallest absolute Gasteiger partial charge is 0.412 e. The molecule has 0 atom stereocenters. The van der Waals surface area contributed by atoms with Crippen LogP contribution in [0.5, 0.6) is 0 Å². The van der Waals surface area contributed by atoms with Gasteiger partial charge < -0.3 is 4.74 Å². The standard InChI is InChI=1S/C14H9BrF2INO2/c15-9-6-10(18)13(12(17)11(9)16)19-14(20)21-7-8-4-2-1-3-5-8/h1-6H,7H2,(H,19,20). The Morgan fingerprint density at radius 3 is 2.57 bits per heavy atom. The van der Waals surface area contributed by atoms with Crippen LogP contribution in [-0.2, 0) is 11.3 Å². The first kappa shape index (κ1) is 16.2. The highest BCUT2D eigenvalue weighted by atomic mass is 127. The maximum atomic E-state index is 13.8. The van der Waals surface area contributed by atoms with E-state index in [1.165, 1.54) is 6.07 Å². The van der Waals surface area contributed by atoms with Gasteiger partial charge in [-0.25, -0.2) is 13.6 Å². The van der Waals surface area contributed by atoms with Crippen molar-refractivity contribution < 1.29 is 18.3 Å². The summed E-state index contributed by atoms with van der Waals surface area (Å²) >= 11 is 4.69. The quantitative estimate of drug-likeness (QED) is 0.388. The largest absolute Gasteiger partial charge is 0.444 e. The van der Waals surface area contributed by atoms with Crippen LogP contribution >= 0.6 is 38.5 Å². The molecule has 0 bridgehead atoms. The molecule has 2 aromatic rings. The molecule has 0 unspecified atom stereocenters. The van der Waals surface area contributed by atoms with E-state index in [0.29, 0.717) is 3.57 Å². The van der Waals surface area contributed by atoms with E-state index in [-0.39, 0.29) is 16.8 Å². The van der Waals surface area contributed by atoms with Crippen molar-refractivity contribution in [1.82, 2.24) is 0 Å². The molecule has 0 fully saturated rings. The Morgan fingerprint density at radius 1 is 1.24 bits per heavy atom. The average Bonchev–Trinajstić information content (AvgIpc) is 2.48. The lowest BCUT2D eigenvalue weighted by Gasteiger charge is -2.11. The summed E-state index contributed by atoms with van der Waals surface area (Å²) < 4.78 is 32.5. The second-order valence-corrected chi connectivity index (χ2v) is 6.05. The Morgan fingerprint density at radius 2 is 1.90 bits per heavy atom. The van der Waals surface area contributed by atoms with E-state index in [4.69, 9.17) is 4.74 Å². The molecule has 110 valence electrons. The van der Waals surface area contributed by atoms with Gasteiger partial charge in [-0.1, -0.05) is 30.3 Å². The first-order chi connectivity index (χ1) is 9.99. The van der Waals surface area contributed by atoms with Gasteiger partial charge in [0.05, 0.1) is 10.2 Å². The van der Waals surface area contributed by atoms with Crippen molar-refractivity contribution in [3.05, 3.63) is 61.6 Å². The van der Waals surface area contributed by atoms with Crippen molar-refractivity contribution in [2.45, 2.75) is 6.61 Å². The molecule has 3 nitrogen and oxygen atoms in total. The average molecular weight is 468 g/mol. The van der Waals surface area contributed by atoms with Crippen molar-refractivity contribution in [2.75, 3.05) is 5.32 Å². The molecule has 7 heteroatoms. The zero-order valence-corrected chi connectivity index (χ0v) is 14.2. The SMILES string of the molecule is O=C(Nc1c(I)cc(Br)c(F)c1F)OCc1ccccc1. The normalized spacial score (nSPS) is 10.3. The number of benzene rings is 2. The number of halogens is 4. The minimum absolute atomic E-state index is 0.00685. The molecular formula is C14H9BrF2INO2. The fraction of sp³-hybridized carbons (Fsp3) is 0.0714. The molecule has 0 aromatic heterocycles. The van der Waals surface area contributed by atoms with Crippen molar-refractivity contribution in [1.29, 1.82) is 0 Å². The van der Waals surface area contributed by atoms with E-state index in [1.54, 1.807) is 34.7 Å². The van der Waals surface area contributed by atoms with Crippen molar-refractivity contribution in [3.63, 3.8) is 0 Å². The Balaban J connectivity index is 2.05. The summed E-state index contributed by atoms with van der Waals surface area (Å²) in [6.07, 6.45) is -0.850. The number of carbonyl (C=O) groups excluding carboxylic acids is 1. The van der Waals surface area contributed by atoms with Crippen LogP contribution in [0.1, 0.15) is 5.56 Å². The Kier molecular flexibility index (Phi) is 5.51. The summed E-state index contributed by atoms with van der Waals surface area (Å²) in [5.74, 6) is -2.20. The van der Waals surface area contributed by atoms with Crippen LogP contribution in [0.3, 0.4) is 0 Å². The van der Waals surface area contributed by atoms with Crippen LogP contribution in [0, 0.1) is 15.2 Å². The van der Waals surface area contributed by atoms with Gasteiger partial charge in [-0.2, -0.15) is 0 Å². The molecule has 0 radical (unpaired) electrons. The third-order valence-electron chi connectivity index (χ3n) is 2.55. The minimum atomic E-state index is -1.13. The molecule has 0 spiro atoms. The second-order valence-electron chi connectivity index (χ2n) is 4.03. The maximum absolute atomic E-state index is 13.8. The molecule has 0 aliphatic heterocycles. The zero-order chi connectivity index (χ0) is 15.4. The Labute approximate surface area is 142 Å².